The van der Waals surface area contributed by atoms with E-state index in [9.17, 15) is 0 Å². The molecule has 1 aliphatic heterocycles. The first kappa shape index (κ1) is 17.1. The van der Waals surface area contributed by atoms with Gasteiger partial charge >= 0.3 is 0 Å². The normalized spacial score (nSPS) is 18.8. The van der Waals surface area contributed by atoms with E-state index in [1.54, 1.807) is 6.07 Å². The van der Waals surface area contributed by atoms with E-state index in [1.165, 1.54) is 5.56 Å². The maximum atomic E-state index is 6.13. The number of benzene rings is 1. The highest BCUT2D eigenvalue weighted by molar-refractivity contribution is 6.42. The third kappa shape index (κ3) is 3.77. The molecule has 130 valence electrons. The van der Waals surface area contributed by atoms with Crippen molar-refractivity contribution in [2.75, 3.05) is 13.1 Å². The topological polar surface area (TPSA) is 44.8 Å². The van der Waals surface area contributed by atoms with Crippen LogP contribution in [0, 0.1) is 0 Å². The zero-order chi connectivity index (χ0) is 17.4. The van der Waals surface area contributed by atoms with Gasteiger partial charge < -0.3 is 4.98 Å². The Morgan fingerprint density at radius 3 is 2.80 bits per heavy atom. The predicted octanol–water partition coefficient (Wildman–Crippen LogP) is 5.30. The maximum Gasteiger partial charge on any atom is 0.179 e. The van der Waals surface area contributed by atoms with E-state index < -0.39 is 0 Å². The summed E-state index contributed by atoms with van der Waals surface area (Å²) in [6.07, 6.45) is 2.25. The highest BCUT2D eigenvalue weighted by Gasteiger charge is 2.24. The molecule has 3 aromatic rings. The number of nitrogens with zero attached hydrogens (tertiary/aromatic N) is 3. The van der Waals surface area contributed by atoms with Gasteiger partial charge in [0, 0.05) is 19.0 Å². The number of imidazole rings is 1. The molecule has 3 heterocycles. The summed E-state index contributed by atoms with van der Waals surface area (Å²) in [7, 11) is 0. The van der Waals surface area contributed by atoms with Gasteiger partial charge in [0.15, 0.2) is 5.65 Å². The van der Waals surface area contributed by atoms with Crippen molar-refractivity contribution in [3.05, 3.63) is 56.9 Å². The second-order valence-electron chi connectivity index (χ2n) is 6.45. The molecular formula is C18H17Cl3N4. The lowest BCUT2D eigenvalue weighted by atomic mass is 9.97. The van der Waals surface area contributed by atoms with Crippen LogP contribution in [0.1, 0.15) is 30.1 Å². The molecule has 0 amide bonds. The third-order valence-electron chi connectivity index (χ3n) is 4.61. The monoisotopic (exact) mass is 394 g/mol. The number of piperidine rings is 1. The molecule has 0 spiro atoms. The zero-order valence-electron chi connectivity index (χ0n) is 13.5. The van der Waals surface area contributed by atoms with Crippen molar-refractivity contribution in [2.24, 2.45) is 0 Å². The number of fused-ring (bicyclic) bond motifs is 1. The van der Waals surface area contributed by atoms with E-state index in [2.05, 4.69) is 19.9 Å². The van der Waals surface area contributed by atoms with Crippen molar-refractivity contribution in [3.63, 3.8) is 0 Å². The number of hydrogen-bond acceptors (Lipinski definition) is 3. The van der Waals surface area contributed by atoms with E-state index in [-0.39, 0.29) is 0 Å². The van der Waals surface area contributed by atoms with Crippen molar-refractivity contribution in [1.29, 1.82) is 0 Å². The Bertz CT molecular complexity index is 908. The second kappa shape index (κ2) is 7.12. The van der Waals surface area contributed by atoms with E-state index in [0.29, 0.717) is 26.8 Å². The molecule has 0 bridgehead atoms. The molecule has 1 atom stereocenters. The molecule has 25 heavy (non-hydrogen) atoms. The maximum absolute atomic E-state index is 6.13. The molecule has 0 saturated carbocycles. The molecule has 7 heteroatoms. The molecule has 0 aliphatic carbocycles. The van der Waals surface area contributed by atoms with Crippen LogP contribution in [0.3, 0.4) is 0 Å². The molecule has 1 aromatic carbocycles. The number of likely N-dealkylation sites (tertiary alicyclic amines) is 1. The van der Waals surface area contributed by atoms with Crippen LogP contribution in [0.2, 0.25) is 15.2 Å². The lowest BCUT2D eigenvalue weighted by molar-refractivity contribution is 0.197. The molecular weight excluding hydrogens is 379 g/mol. The zero-order valence-corrected chi connectivity index (χ0v) is 15.7. The van der Waals surface area contributed by atoms with Crippen LogP contribution < -0.4 is 0 Å². The smallest absolute Gasteiger partial charge is 0.179 e. The summed E-state index contributed by atoms with van der Waals surface area (Å²) < 4.78 is 0. The summed E-state index contributed by atoms with van der Waals surface area (Å²) in [5.41, 5.74) is 2.79. The van der Waals surface area contributed by atoms with Crippen molar-refractivity contribution < 1.29 is 0 Å². The fourth-order valence-electron chi connectivity index (χ4n) is 3.40. The lowest BCUT2D eigenvalue weighted by Crippen LogP contribution is -2.34. The van der Waals surface area contributed by atoms with Gasteiger partial charge in [-0.15, -0.1) is 0 Å². The quantitative estimate of drug-likeness (QED) is 0.612. The van der Waals surface area contributed by atoms with Gasteiger partial charge in [0.1, 0.15) is 11.0 Å². The summed E-state index contributed by atoms with van der Waals surface area (Å²) >= 11 is 18.1. The molecule has 1 N–H and O–H groups in total. The van der Waals surface area contributed by atoms with Crippen LogP contribution in [-0.2, 0) is 6.54 Å². The molecule has 1 unspecified atom stereocenters. The van der Waals surface area contributed by atoms with Gasteiger partial charge in [0.05, 0.1) is 15.6 Å². The Balaban J connectivity index is 1.50. The number of aromatic nitrogens is 3. The van der Waals surface area contributed by atoms with Crippen molar-refractivity contribution >= 4 is 46.0 Å². The number of H-pyrrole nitrogens is 1. The summed E-state index contributed by atoms with van der Waals surface area (Å²) in [5.74, 6) is 1.35. The SMILES string of the molecule is Clc1ccc2[nH]c(C3CCCN(Cc4ccc(Cl)c(Cl)c4)C3)nc2n1. The van der Waals surface area contributed by atoms with Crippen LogP contribution >= 0.6 is 34.8 Å². The van der Waals surface area contributed by atoms with Crippen LogP contribution in [0.25, 0.3) is 11.2 Å². The van der Waals surface area contributed by atoms with Crippen LogP contribution in [0.4, 0.5) is 0 Å². The Hall–Kier alpha value is -1.33. The number of halogens is 3. The number of hydrogen-bond donors (Lipinski definition) is 1. The molecule has 4 nitrogen and oxygen atoms in total. The van der Waals surface area contributed by atoms with Gasteiger partial charge in [-0.3, -0.25) is 4.90 Å². The average Bonchev–Trinajstić information content (AvgIpc) is 3.02. The second-order valence-corrected chi connectivity index (χ2v) is 7.65. The minimum Gasteiger partial charge on any atom is -0.340 e. The molecule has 1 saturated heterocycles. The van der Waals surface area contributed by atoms with Gasteiger partial charge in [-0.2, -0.15) is 0 Å². The van der Waals surface area contributed by atoms with E-state index in [1.807, 2.05) is 24.3 Å². The van der Waals surface area contributed by atoms with Crippen molar-refractivity contribution in [3.8, 4) is 0 Å². The summed E-state index contributed by atoms with van der Waals surface area (Å²) in [6.45, 7) is 2.88. The first-order valence-corrected chi connectivity index (χ1v) is 9.40. The minimum absolute atomic E-state index is 0.365. The highest BCUT2D eigenvalue weighted by atomic mass is 35.5. The number of rotatable bonds is 3. The summed E-state index contributed by atoms with van der Waals surface area (Å²) in [5, 5.41) is 1.67. The highest BCUT2D eigenvalue weighted by Crippen LogP contribution is 2.29. The third-order valence-corrected chi connectivity index (χ3v) is 5.56. The van der Waals surface area contributed by atoms with E-state index >= 15 is 0 Å². The van der Waals surface area contributed by atoms with Crippen LogP contribution in [0.15, 0.2) is 30.3 Å². The standard InChI is InChI=1S/C18H17Cl3N4/c19-13-4-3-11(8-14(13)20)9-25-7-1-2-12(10-25)17-22-15-5-6-16(21)23-18(15)24-17/h3-6,8,12H,1-2,7,9-10H2,(H,22,23,24). The largest absolute Gasteiger partial charge is 0.340 e. The fraction of sp³-hybridized carbons (Fsp3) is 0.333. The van der Waals surface area contributed by atoms with Gasteiger partial charge in [-0.1, -0.05) is 40.9 Å². The Morgan fingerprint density at radius 1 is 1.08 bits per heavy atom. The van der Waals surface area contributed by atoms with Gasteiger partial charge in [0.25, 0.3) is 0 Å². The lowest BCUT2D eigenvalue weighted by Gasteiger charge is -2.31. The van der Waals surface area contributed by atoms with Crippen LogP contribution in [0.5, 0.6) is 0 Å². The number of pyridine rings is 1. The van der Waals surface area contributed by atoms with E-state index in [4.69, 9.17) is 34.8 Å². The fourth-order valence-corrected chi connectivity index (χ4v) is 3.86. The summed E-state index contributed by atoms with van der Waals surface area (Å²) in [4.78, 5) is 14.8. The molecule has 1 aliphatic rings. The van der Waals surface area contributed by atoms with E-state index in [0.717, 1.165) is 43.8 Å². The average molecular weight is 396 g/mol. The molecule has 4 rings (SSSR count). The minimum atomic E-state index is 0.365. The first-order valence-electron chi connectivity index (χ1n) is 8.27. The van der Waals surface area contributed by atoms with Crippen molar-refractivity contribution in [1.82, 2.24) is 19.9 Å². The first-order chi connectivity index (χ1) is 12.1. The number of nitrogens with one attached hydrogen (secondary N) is 1. The number of aromatic amines is 1. The molecule has 0 radical (unpaired) electrons. The Labute approximate surface area is 161 Å². The van der Waals surface area contributed by atoms with Gasteiger partial charge in [-0.25, -0.2) is 9.97 Å². The summed E-state index contributed by atoms with van der Waals surface area (Å²) in [6, 6.07) is 9.54. The van der Waals surface area contributed by atoms with Crippen LogP contribution in [-0.4, -0.2) is 32.9 Å². The van der Waals surface area contributed by atoms with Gasteiger partial charge in [-0.05, 0) is 49.2 Å². The van der Waals surface area contributed by atoms with Gasteiger partial charge in [0.2, 0.25) is 0 Å². The molecule has 1 fully saturated rings. The molecule has 2 aromatic heterocycles. The van der Waals surface area contributed by atoms with Crippen molar-refractivity contribution in [2.45, 2.75) is 25.3 Å². The Kier molecular flexibility index (Phi) is 4.87. The Morgan fingerprint density at radius 2 is 1.96 bits per heavy atom. The predicted molar refractivity (Wildman–Crippen MR) is 103 cm³/mol.